The van der Waals surface area contributed by atoms with Crippen molar-refractivity contribution < 1.29 is 22.7 Å². The van der Waals surface area contributed by atoms with E-state index in [0.29, 0.717) is 41.3 Å². The van der Waals surface area contributed by atoms with E-state index in [1.165, 1.54) is 4.31 Å². The summed E-state index contributed by atoms with van der Waals surface area (Å²) in [5.41, 5.74) is 1.74. The highest BCUT2D eigenvalue weighted by molar-refractivity contribution is 7.92. The molecule has 0 unspecified atom stereocenters. The van der Waals surface area contributed by atoms with E-state index in [2.05, 4.69) is 5.32 Å². The van der Waals surface area contributed by atoms with Crippen molar-refractivity contribution in [3.63, 3.8) is 0 Å². The molecule has 1 aliphatic rings. The summed E-state index contributed by atoms with van der Waals surface area (Å²) in [6.45, 7) is 4.66. The summed E-state index contributed by atoms with van der Waals surface area (Å²) in [5.74, 6) is -0.646. The number of carbonyl (C=O) groups is 2. The summed E-state index contributed by atoms with van der Waals surface area (Å²) in [6, 6.07) is 22.4. The van der Waals surface area contributed by atoms with Crippen molar-refractivity contribution in [1.82, 2.24) is 4.90 Å². The van der Waals surface area contributed by atoms with Gasteiger partial charge in [-0.2, -0.15) is 0 Å². The highest BCUT2D eigenvalue weighted by Gasteiger charge is 2.37. The molecule has 0 fully saturated rings. The third-order valence-electron chi connectivity index (χ3n) is 6.02. The molecule has 0 saturated heterocycles. The maximum Gasteiger partial charge on any atom is 0.267 e. The number of amides is 2. The lowest BCUT2D eigenvalue weighted by Crippen LogP contribution is -2.49. The second-order valence-corrected chi connectivity index (χ2v) is 10.3. The molecule has 3 aromatic rings. The first kappa shape index (κ1) is 25.2. The molecule has 1 heterocycles. The Morgan fingerprint density at radius 1 is 0.944 bits per heavy atom. The SMILES string of the molecule is CCN(CC)C(=O)c1ccccc1NC(=O)[C@@H]1CN(S(=O)(=O)Cc2ccccc2)c2ccccc2O1. The molecule has 0 aliphatic carbocycles. The van der Waals surface area contributed by atoms with Gasteiger partial charge in [0.25, 0.3) is 11.8 Å². The predicted octanol–water partition coefficient (Wildman–Crippen LogP) is 3.90. The van der Waals surface area contributed by atoms with Gasteiger partial charge >= 0.3 is 0 Å². The number of benzene rings is 3. The maximum atomic E-state index is 13.4. The summed E-state index contributed by atoms with van der Waals surface area (Å²) in [5, 5.41) is 2.78. The van der Waals surface area contributed by atoms with Gasteiger partial charge in [0.1, 0.15) is 5.75 Å². The van der Waals surface area contributed by atoms with Crippen molar-refractivity contribution >= 4 is 33.2 Å². The van der Waals surface area contributed by atoms with Gasteiger partial charge in [0.2, 0.25) is 10.0 Å². The zero-order valence-corrected chi connectivity index (χ0v) is 21.1. The average molecular weight is 508 g/mol. The Hall–Kier alpha value is -3.85. The Morgan fingerprint density at radius 3 is 2.31 bits per heavy atom. The van der Waals surface area contributed by atoms with Crippen LogP contribution in [0.25, 0.3) is 0 Å². The highest BCUT2D eigenvalue weighted by atomic mass is 32.2. The molecule has 0 radical (unpaired) electrons. The zero-order valence-electron chi connectivity index (χ0n) is 20.3. The van der Waals surface area contributed by atoms with Gasteiger partial charge in [-0.05, 0) is 43.7 Å². The second-order valence-electron chi connectivity index (χ2n) is 8.36. The molecule has 8 nitrogen and oxygen atoms in total. The van der Waals surface area contributed by atoms with Crippen molar-refractivity contribution in [1.29, 1.82) is 0 Å². The van der Waals surface area contributed by atoms with E-state index in [4.69, 9.17) is 4.74 Å². The van der Waals surface area contributed by atoms with Crippen LogP contribution in [0.4, 0.5) is 11.4 Å². The van der Waals surface area contributed by atoms with Gasteiger partial charge < -0.3 is 15.0 Å². The summed E-state index contributed by atoms with van der Waals surface area (Å²) in [6.07, 6.45) is -1.11. The van der Waals surface area contributed by atoms with Gasteiger partial charge in [-0.1, -0.05) is 54.6 Å². The molecule has 36 heavy (non-hydrogen) atoms. The Morgan fingerprint density at radius 2 is 1.58 bits per heavy atom. The van der Waals surface area contributed by atoms with E-state index in [-0.39, 0.29) is 18.2 Å². The standard InChI is InChI=1S/C27H29N3O5S/c1-3-29(4-2)27(32)21-14-8-9-15-22(21)28-26(31)25-18-30(23-16-10-11-17-24(23)35-25)36(33,34)19-20-12-6-5-7-13-20/h5-17,25H,3-4,18-19H2,1-2H3,(H,28,31)/t25-/m0/s1. The number of carbonyl (C=O) groups excluding carboxylic acids is 2. The lowest BCUT2D eigenvalue weighted by Gasteiger charge is -2.34. The number of hydrogen-bond donors (Lipinski definition) is 1. The van der Waals surface area contributed by atoms with Crippen LogP contribution in [-0.4, -0.2) is 50.9 Å². The van der Waals surface area contributed by atoms with Gasteiger partial charge in [-0.25, -0.2) is 8.42 Å². The van der Waals surface area contributed by atoms with Crippen LogP contribution in [0.15, 0.2) is 78.9 Å². The van der Waals surface area contributed by atoms with Crippen molar-refractivity contribution in [2.24, 2.45) is 0 Å². The Bertz CT molecular complexity index is 1340. The molecule has 1 N–H and O–H groups in total. The number of fused-ring (bicyclic) bond motifs is 1. The van der Waals surface area contributed by atoms with Gasteiger partial charge in [-0.3, -0.25) is 13.9 Å². The molecule has 2 amide bonds. The fourth-order valence-corrected chi connectivity index (χ4v) is 5.72. The minimum atomic E-state index is -3.82. The lowest BCUT2D eigenvalue weighted by molar-refractivity contribution is -0.122. The number of rotatable bonds is 8. The molecule has 0 aromatic heterocycles. The van der Waals surface area contributed by atoms with E-state index in [1.54, 1.807) is 77.7 Å². The van der Waals surface area contributed by atoms with Crippen LogP contribution in [0.2, 0.25) is 0 Å². The van der Waals surface area contributed by atoms with E-state index < -0.39 is 22.0 Å². The predicted molar refractivity (Wildman–Crippen MR) is 140 cm³/mol. The van der Waals surface area contributed by atoms with Gasteiger partial charge in [-0.15, -0.1) is 0 Å². The third-order valence-corrected chi connectivity index (χ3v) is 7.74. The van der Waals surface area contributed by atoms with E-state index in [9.17, 15) is 18.0 Å². The Kier molecular flexibility index (Phi) is 7.59. The van der Waals surface area contributed by atoms with Crippen LogP contribution in [0.1, 0.15) is 29.8 Å². The van der Waals surface area contributed by atoms with Gasteiger partial charge in [0, 0.05) is 13.1 Å². The zero-order chi connectivity index (χ0) is 25.7. The van der Waals surface area contributed by atoms with Gasteiger partial charge in [0.05, 0.1) is 29.2 Å². The minimum absolute atomic E-state index is 0.190. The van der Waals surface area contributed by atoms with Crippen LogP contribution in [0.3, 0.4) is 0 Å². The van der Waals surface area contributed by atoms with Gasteiger partial charge in [0.15, 0.2) is 6.10 Å². The molecule has 3 aromatic carbocycles. The van der Waals surface area contributed by atoms with Crippen molar-refractivity contribution in [3.8, 4) is 5.75 Å². The maximum absolute atomic E-state index is 13.4. The lowest BCUT2D eigenvalue weighted by atomic mass is 10.1. The normalized spacial score (nSPS) is 14.9. The number of nitrogens with one attached hydrogen (secondary N) is 1. The first-order valence-electron chi connectivity index (χ1n) is 11.8. The van der Waals surface area contributed by atoms with Crippen LogP contribution in [-0.2, 0) is 20.6 Å². The first-order valence-corrected chi connectivity index (χ1v) is 13.4. The summed E-state index contributed by atoms with van der Waals surface area (Å²) in [4.78, 5) is 27.9. The average Bonchev–Trinajstić information content (AvgIpc) is 2.89. The van der Waals surface area contributed by atoms with E-state index in [0.717, 1.165) is 0 Å². The smallest absolute Gasteiger partial charge is 0.267 e. The molecular weight excluding hydrogens is 478 g/mol. The topological polar surface area (TPSA) is 96.0 Å². The molecule has 1 aliphatic heterocycles. The number of para-hydroxylation sites is 3. The molecule has 9 heteroatoms. The van der Waals surface area contributed by atoms with Crippen molar-refractivity contribution in [3.05, 3.63) is 90.0 Å². The van der Waals surface area contributed by atoms with Crippen molar-refractivity contribution in [2.75, 3.05) is 29.3 Å². The second kappa shape index (κ2) is 10.8. The monoisotopic (exact) mass is 507 g/mol. The quantitative estimate of drug-likeness (QED) is 0.499. The number of ether oxygens (including phenoxy) is 1. The number of hydrogen-bond acceptors (Lipinski definition) is 5. The number of sulfonamides is 1. The number of anilines is 2. The molecule has 188 valence electrons. The van der Waals surface area contributed by atoms with Crippen LogP contribution in [0.5, 0.6) is 5.75 Å². The fourth-order valence-electron chi connectivity index (χ4n) is 4.14. The Labute approximate surface area is 211 Å². The fraction of sp³-hybridized carbons (Fsp3) is 0.259. The minimum Gasteiger partial charge on any atom is -0.476 e. The van der Waals surface area contributed by atoms with E-state index >= 15 is 0 Å². The van der Waals surface area contributed by atoms with E-state index in [1.807, 2.05) is 19.9 Å². The molecule has 0 saturated carbocycles. The molecule has 1 atom stereocenters. The molecule has 0 bridgehead atoms. The highest BCUT2D eigenvalue weighted by Crippen LogP contribution is 2.36. The third kappa shape index (κ3) is 5.36. The van der Waals surface area contributed by atoms with Crippen LogP contribution in [0, 0.1) is 0 Å². The molecule has 4 rings (SSSR count). The van der Waals surface area contributed by atoms with Crippen LogP contribution < -0.4 is 14.4 Å². The summed E-state index contributed by atoms with van der Waals surface area (Å²) >= 11 is 0. The Balaban J connectivity index is 1.60. The molecular formula is C27H29N3O5S. The van der Waals surface area contributed by atoms with Crippen molar-refractivity contribution in [2.45, 2.75) is 25.7 Å². The number of nitrogens with zero attached hydrogens (tertiary/aromatic N) is 2. The summed E-state index contributed by atoms with van der Waals surface area (Å²) < 4.78 is 34.0. The molecule has 0 spiro atoms. The summed E-state index contributed by atoms with van der Waals surface area (Å²) in [7, 11) is -3.82. The largest absolute Gasteiger partial charge is 0.476 e. The van der Waals surface area contributed by atoms with Crippen LogP contribution >= 0.6 is 0 Å². The first-order chi connectivity index (χ1) is 17.3.